The van der Waals surface area contributed by atoms with Crippen LogP contribution in [0.15, 0.2) is 29.2 Å². The van der Waals surface area contributed by atoms with Crippen LogP contribution in [0.5, 0.6) is 0 Å². The van der Waals surface area contributed by atoms with Gasteiger partial charge in [-0.15, -0.1) is 11.8 Å². The van der Waals surface area contributed by atoms with E-state index in [2.05, 4.69) is 0 Å². The number of thioether (sulfide) groups is 1. The summed E-state index contributed by atoms with van der Waals surface area (Å²) in [6.45, 7) is 0. The first-order valence-corrected chi connectivity index (χ1v) is 4.23. The molecule has 0 amide bonds. The van der Waals surface area contributed by atoms with Gasteiger partial charge in [0.15, 0.2) is 0 Å². The van der Waals surface area contributed by atoms with E-state index in [1.807, 2.05) is 24.3 Å². The molecule has 3 heteroatoms. The van der Waals surface area contributed by atoms with Crippen molar-refractivity contribution in [2.24, 2.45) is 0 Å². The van der Waals surface area contributed by atoms with E-state index in [1.54, 1.807) is 0 Å². The molecule has 0 aliphatic rings. The number of rotatable bonds is 3. The van der Waals surface area contributed by atoms with Crippen LogP contribution in [0.2, 0.25) is 0 Å². The quantitative estimate of drug-likeness (QED) is 0.422. The molecule has 0 aliphatic heterocycles. The van der Waals surface area contributed by atoms with Crippen molar-refractivity contribution in [1.29, 1.82) is 0 Å². The molecule has 1 rings (SSSR count). The van der Waals surface area contributed by atoms with Crippen molar-refractivity contribution in [2.75, 3.05) is 11.5 Å². The van der Waals surface area contributed by atoms with Crippen LogP contribution in [-0.2, 0) is 4.79 Å². The fraction of sp³-hybridized carbons (Fsp3) is 0.125. The number of anilines is 1. The van der Waals surface area contributed by atoms with Gasteiger partial charge in [-0.05, 0) is 18.2 Å². The van der Waals surface area contributed by atoms with Crippen LogP contribution in [0.3, 0.4) is 0 Å². The van der Waals surface area contributed by atoms with Crippen molar-refractivity contribution in [3.63, 3.8) is 0 Å². The van der Waals surface area contributed by atoms with Crippen molar-refractivity contribution in [2.45, 2.75) is 4.90 Å². The molecule has 0 aromatic heterocycles. The van der Waals surface area contributed by atoms with E-state index in [0.29, 0.717) is 5.75 Å². The van der Waals surface area contributed by atoms with Crippen LogP contribution in [0.1, 0.15) is 0 Å². The minimum absolute atomic E-state index is 0.490. The van der Waals surface area contributed by atoms with Gasteiger partial charge in [0.05, 0.1) is 5.75 Å². The number of nitrogens with two attached hydrogens (primary N) is 1. The zero-order valence-corrected chi connectivity index (χ0v) is 6.80. The van der Waals surface area contributed by atoms with Crippen molar-refractivity contribution < 1.29 is 4.79 Å². The van der Waals surface area contributed by atoms with Crippen molar-refractivity contribution in [1.82, 2.24) is 0 Å². The Morgan fingerprint density at radius 2 is 2.36 bits per heavy atom. The molecule has 0 saturated carbocycles. The summed E-state index contributed by atoms with van der Waals surface area (Å²) in [5, 5.41) is 0. The van der Waals surface area contributed by atoms with Crippen LogP contribution in [0.4, 0.5) is 5.69 Å². The standard InChI is InChI=1S/C8H9NOS/c9-7-2-1-3-8(6-7)11-5-4-10/h1-4,6H,5,9H2. The number of aldehydes is 1. The number of carbonyl (C=O) groups is 1. The van der Waals surface area contributed by atoms with Crippen LogP contribution in [0.25, 0.3) is 0 Å². The average Bonchev–Trinajstić information content (AvgIpc) is 2.01. The molecule has 11 heavy (non-hydrogen) atoms. The summed E-state index contributed by atoms with van der Waals surface area (Å²) in [6.07, 6.45) is 0.883. The predicted molar refractivity (Wildman–Crippen MR) is 47.6 cm³/mol. The van der Waals surface area contributed by atoms with Gasteiger partial charge in [0.2, 0.25) is 0 Å². The summed E-state index contributed by atoms with van der Waals surface area (Å²) in [5.74, 6) is 0.490. The zero-order chi connectivity index (χ0) is 8.10. The lowest BCUT2D eigenvalue weighted by atomic mass is 10.3. The van der Waals surface area contributed by atoms with Gasteiger partial charge in [-0.3, -0.25) is 0 Å². The van der Waals surface area contributed by atoms with E-state index in [-0.39, 0.29) is 0 Å². The molecule has 0 heterocycles. The van der Waals surface area contributed by atoms with Gasteiger partial charge in [0, 0.05) is 10.6 Å². The van der Waals surface area contributed by atoms with Gasteiger partial charge >= 0.3 is 0 Å². The van der Waals surface area contributed by atoms with Crippen molar-refractivity contribution in [3.05, 3.63) is 24.3 Å². The molecule has 0 bridgehead atoms. The fourth-order valence-electron chi connectivity index (χ4n) is 0.735. The number of hydrogen-bond donors (Lipinski definition) is 1. The molecule has 0 spiro atoms. The van der Waals surface area contributed by atoms with Crippen LogP contribution < -0.4 is 5.73 Å². The van der Waals surface area contributed by atoms with E-state index in [4.69, 9.17) is 5.73 Å². The first kappa shape index (κ1) is 8.14. The van der Waals surface area contributed by atoms with Crippen molar-refractivity contribution >= 4 is 23.7 Å². The molecular formula is C8H9NOS. The number of hydrogen-bond acceptors (Lipinski definition) is 3. The highest BCUT2D eigenvalue weighted by Crippen LogP contribution is 2.18. The Morgan fingerprint density at radius 1 is 1.55 bits per heavy atom. The number of carbonyl (C=O) groups excluding carboxylic acids is 1. The second-order valence-electron chi connectivity index (χ2n) is 2.05. The molecule has 2 N–H and O–H groups in total. The Kier molecular flexibility index (Phi) is 2.98. The van der Waals surface area contributed by atoms with E-state index >= 15 is 0 Å². The lowest BCUT2D eigenvalue weighted by Gasteiger charge is -1.97. The molecule has 0 saturated heterocycles. The minimum atomic E-state index is 0.490. The number of nitrogen functional groups attached to an aromatic ring is 1. The van der Waals surface area contributed by atoms with Crippen LogP contribution in [-0.4, -0.2) is 12.0 Å². The lowest BCUT2D eigenvalue weighted by Crippen LogP contribution is -1.84. The third-order valence-corrected chi connectivity index (χ3v) is 2.07. The highest BCUT2D eigenvalue weighted by atomic mass is 32.2. The third-order valence-electron chi connectivity index (χ3n) is 1.18. The second kappa shape index (κ2) is 4.03. The number of benzene rings is 1. The molecule has 1 aromatic carbocycles. The first-order valence-electron chi connectivity index (χ1n) is 3.25. The van der Waals surface area contributed by atoms with Crippen LogP contribution >= 0.6 is 11.8 Å². The molecule has 0 fully saturated rings. The van der Waals surface area contributed by atoms with Gasteiger partial charge in [0.25, 0.3) is 0 Å². The minimum Gasteiger partial charge on any atom is -0.399 e. The summed E-state index contributed by atoms with van der Waals surface area (Å²) >= 11 is 1.49. The Bertz CT molecular complexity index is 250. The maximum absolute atomic E-state index is 10.0. The highest BCUT2D eigenvalue weighted by molar-refractivity contribution is 7.99. The van der Waals surface area contributed by atoms with Gasteiger partial charge in [-0.2, -0.15) is 0 Å². The SMILES string of the molecule is Nc1cccc(SCC=O)c1. The van der Waals surface area contributed by atoms with E-state index < -0.39 is 0 Å². The monoisotopic (exact) mass is 167 g/mol. The summed E-state index contributed by atoms with van der Waals surface area (Å²) in [6, 6.07) is 7.49. The Labute approximate surface area is 69.8 Å². The Hall–Kier alpha value is -0.960. The second-order valence-corrected chi connectivity index (χ2v) is 3.14. The van der Waals surface area contributed by atoms with E-state index in [9.17, 15) is 4.79 Å². The molecular weight excluding hydrogens is 158 g/mol. The zero-order valence-electron chi connectivity index (χ0n) is 5.99. The predicted octanol–water partition coefficient (Wildman–Crippen LogP) is 1.56. The van der Waals surface area contributed by atoms with Crippen molar-refractivity contribution in [3.8, 4) is 0 Å². The summed E-state index contributed by atoms with van der Waals surface area (Å²) < 4.78 is 0. The molecule has 58 valence electrons. The smallest absolute Gasteiger partial charge is 0.130 e. The van der Waals surface area contributed by atoms with Gasteiger partial charge < -0.3 is 10.5 Å². The first-order chi connectivity index (χ1) is 5.33. The van der Waals surface area contributed by atoms with E-state index in [0.717, 1.165) is 16.9 Å². The maximum atomic E-state index is 10.0. The molecule has 0 radical (unpaired) electrons. The normalized spacial score (nSPS) is 9.45. The fourth-order valence-corrected chi connectivity index (χ4v) is 1.39. The molecule has 0 atom stereocenters. The van der Waals surface area contributed by atoms with Gasteiger partial charge in [0.1, 0.15) is 6.29 Å². The largest absolute Gasteiger partial charge is 0.399 e. The average molecular weight is 167 g/mol. The molecule has 0 aliphatic carbocycles. The summed E-state index contributed by atoms with van der Waals surface area (Å²) in [4.78, 5) is 11.1. The van der Waals surface area contributed by atoms with Crippen LogP contribution in [0, 0.1) is 0 Å². The van der Waals surface area contributed by atoms with Gasteiger partial charge in [-0.1, -0.05) is 6.07 Å². The molecule has 2 nitrogen and oxygen atoms in total. The third kappa shape index (κ3) is 2.63. The lowest BCUT2D eigenvalue weighted by molar-refractivity contribution is -0.105. The topological polar surface area (TPSA) is 43.1 Å². The Balaban J connectivity index is 2.63. The summed E-state index contributed by atoms with van der Waals surface area (Å²) in [7, 11) is 0. The highest BCUT2D eigenvalue weighted by Gasteiger charge is 1.91. The molecule has 0 unspecified atom stereocenters. The van der Waals surface area contributed by atoms with E-state index in [1.165, 1.54) is 11.8 Å². The Morgan fingerprint density at radius 3 is 3.00 bits per heavy atom. The summed E-state index contributed by atoms with van der Waals surface area (Å²) in [5.41, 5.74) is 6.27. The maximum Gasteiger partial charge on any atom is 0.130 e. The molecule has 1 aromatic rings. The van der Waals surface area contributed by atoms with Gasteiger partial charge in [-0.25, -0.2) is 0 Å².